The summed E-state index contributed by atoms with van der Waals surface area (Å²) in [4.78, 5) is 12.2. The van der Waals surface area contributed by atoms with E-state index in [1.807, 2.05) is 26.0 Å². The lowest BCUT2D eigenvalue weighted by molar-refractivity contribution is -0.116. The van der Waals surface area contributed by atoms with Crippen molar-refractivity contribution in [1.82, 2.24) is 0 Å². The zero-order valence-electron chi connectivity index (χ0n) is 15.1. The minimum Gasteiger partial charge on any atom is -0.326 e. The number of nitrogens with zero attached hydrogens (tertiary/aromatic N) is 1. The molecule has 0 aliphatic rings. The van der Waals surface area contributed by atoms with E-state index < -0.39 is 10.0 Å². The van der Waals surface area contributed by atoms with Crippen LogP contribution in [0.2, 0.25) is 5.02 Å². The molecule has 7 heteroatoms. The maximum atomic E-state index is 12.2. The number of nitrogens with one attached hydrogen (secondary N) is 1. The summed E-state index contributed by atoms with van der Waals surface area (Å²) in [5.74, 6) is -0.255. The van der Waals surface area contributed by atoms with E-state index in [0.717, 1.165) is 23.8 Å². The second-order valence-electron chi connectivity index (χ2n) is 6.11. The lowest BCUT2D eigenvalue weighted by atomic mass is 10.1. The van der Waals surface area contributed by atoms with E-state index >= 15 is 0 Å². The highest BCUT2D eigenvalue weighted by Gasteiger charge is 2.18. The molecule has 0 spiro atoms. The quantitative estimate of drug-likeness (QED) is 0.771. The van der Waals surface area contributed by atoms with Gasteiger partial charge in [-0.05, 0) is 54.8 Å². The fourth-order valence-electron chi connectivity index (χ4n) is 2.57. The van der Waals surface area contributed by atoms with Crippen LogP contribution in [-0.2, 0) is 21.2 Å². The molecule has 0 aromatic heterocycles. The number of aryl methyl sites for hydroxylation is 2. The van der Waals surface area contributed by atoms with Crippen molar-refractivity contribution < 1.29 is 13.2 Å². The zero-order valence-corrected chi connectivity index (χ0v) is 16.7. The first kappa shape index (κ1) is 20.3. The van der Waals surface area contributed by atoms with Gasteiger partial charge in [-0.2, -0.15) is 0 Å². The van der Waals surface area contributed by atoms with Crippen molar-refractivity contribution in [3.05, 3.63) is 58.6 Å². The molecule has 0 radical (unpaired) electrons. The largest absolute Gasteiger partial charge is 0.326 e. The molecule has 0 aliphatic carbocycles. The van der Waals surface area contributed by atoms with E-state index in [-0.39, 0.29) is 18.9 Å². The van der Waals surface area contributed by atoms with E-state index in [1.165, 1.54) is 4.31 Å². The Hall–Kier alpha value is -2.05. The van der Waals surface area contributed by atoms with Crippen LogP contribution in [0.15, 0.2) is 42.5 Å². The minimum absolute atomic E-state index is 0.0463. The third-order valence-corrected chi connectivity index (χ3v) is 5.47. The molecule has 0 aliphatic heterocycles. The summed E-state index contributed by atoms with van der Waals surface area (Å²) >= 11 is 5.91. The Bertz CT molecular complexity index is 880. The van der Waals surface area contributed by atoms with Gasteiger partial charge in [-0.3, -0.25) is 9.10 Å². The van der Waals surface area contributed by atoms with Crippen LogP contribution in [0.25, 0.3) is 0 Å². The molecule has 2 rings (SSSR count). The zero-order chi connectivity index (χ0) is 19.3. The Morgan fingerprint density at radius 3 is 2.35 bits per heavy atom. The highest BCUT2D eigenvalue weighted by atomic mass is 35.5. The Kier molecular flexibility index (Phi) is 6.67. The number of rotatable bonds is 7. The second-order valence-corrected chi connectivity index (χ2v) is 8.46. The SMILES string of the molecule is CCc1ccc(N(CCC(=O)Nc2ccc(Cl)cc2C)S(C)(=O)=O)cc1. The highest BCUT2D eigenvalue weighted by molar-refractivity contribution is 7.92. The summed E-state index contributed by atoms with van der Waals surface area (Å²) < 4.78 is 25.5. The number of carbonyl (C=O) groups is 1. The summed E-state index contributed by atoms with van der Waals surface area (Å²) in [6.45, 7) is 3.95. The van der Waals surface area contributed by atoms with E-state index in [9.17, 15) is 13.2 Å². The number of carbonyl (C=O) groups excluding carboxylic acids is 1. The van der Waals surface area contributed by atoms with Gasteiger partial charge in [-0.15, -0.1) is 0 Å². The molecule has 0 fully saturated rings. The normalized spacial score (nSPS) is 11.2. The molecule has 26 heavy (non-hydrogen) atoms. The Labute approximate surface area is 160 Å². The lowest BCUT2D eigenvalue weighted by Crippen LogP contribution is -2.33. The molecule has 0 heterocycles. The van der Waals surface area contributed by atoms with Gasteiger partial charge < -0.3 is 5.32 Å². The fourth-order valence-corrected chi connectivity index (χ4v) is 3.72. The van der Waals surface area contributed by atoms with Crippen LogP contribution in [0.5, 0.6) is 0 Å². The van der Waals surface area contributed by atoms with E-state index in [2.05, 4.69) is 5.32 Å². The van der Waals surface area contributed by atoms with Crippen LogP contribution in [0.4, 0.5) is 11.4 Å². The van der Waals surface area contributed by atoms with Gasteiger partial charge in [0.15, 0.2) is 0 Å². The first-order valence-electron chi connectivity index (χ1n) is 8.33. The van der Waals surface area contributed by atoms with E-state index in [1.54, 1.807) is 30.3 Å². The molecule has 5 nitrogen and oxygen atoms in total. The Balaban J connectivity index is 2.08. The summed E-state index contributed by atoms with van der Waals surface area (Å²) in [7, 11) is -3.48. The fraction of sp³-hybridized carbons (Fsp3) is 0.316. The number of benzene rings is 2. The molecule has 0 bridgehead atoms. The highest BCUT2D eigenvalue weighted by Crippen LogP contribution is 2.21. The maximum absolute atomic E-state index is 12.2. The number of hydrogen-bond acceptors (Lipinski definition) is 3. The van der Waals surface area contributed by atoms with Crippen LogP contribution in [0, 0.1) is 6.92 Å². The predicted molar refractivity (Wildman–Crippen MR) is 107 cm³/mol. The van der Waals surface area contributed by atoms with Crippen LogP contribution in [-0.4, -0.2) is 27.1 Å². The monoisotopic (exact) mass is 394 g/mol. The minimum atomic E-state index is -3.48. The van der Waals surface area contributed by atoms with Gasteiger partial charge in [0, 0.05) is 23.7 Å². The molecule has 2 aromatic carbocycles. The molecule has 1 amide bonds. The molecule has 0 saturated carbocycles. The molecular formula is C19H23ClN2O3S. The predicted octanol–water partition coefficient (Wildman–Crippen LogP) is 4.01. The smallest absolute Gasteiger partial charge is 0.232 e. The van der Waals surface area contributed by atoms with Gasteiger partial charge in [0.1, 0.15) is 0 Å². The molecule has 0 atom stereocenters. The van der Waals surface area contributed by atoms with Crippen molar-refractivity contribution in [1.29, 1.82) is 0 Å². The van der Waals surface area contributed by atoms with Crippen molar-refractivity contribution in [3.8, 4) is 0 Å². The number of hydrogen-bond donors (Lipinski definition) is 1. The molecular weight excluding hydrogens is 372 g/mol. The topological polar surface area (TPSA) is 66.5 Å². The van der Waals surface area contributed by atoms with Crippen molar-refractivity contribution in [2.24, 2.45) is 0 Å². The molecule has 140 valence electrons. The van der Waals surface area contributed by atoms with Gasteiger partial charge in [0.25, 0.3) is 0 Å². The van der Waals surface area contributed by atoms with Gasteiger partial charge >= 0.3 is 0 Å². The number of halogens is 1. The van der Waals surface area contributed by atoms with Gasteiger partial charge in [-0.1, -0.05) is 30.7 Å². The maximum Gasteiger partial charge on any atom is 0.232 e. The van der Waals surface area contributed by atoms with Crippen molar-refractivity contribution in [2.75, 3.05) is 22.4 Å². The number of anilines is 2. The second kappa shape index (κ2) is 8.56. The van der Waals surface area contributed by atoms with Crippen LogP contribution in [0.1, 0.15) is 24.5 Å². The van der Waals surface area contributed by atoms with Crippen LogP contribution in [0.3, 0.4) is 0 Å². The first-order chi connectivity index (χ1) is 12.2. The Morgan fingerprint density at radius 1 is 1.15 bits per heavy atom. The summed E-state index contributed by atoms with van der Waals surface area (Å²) in [5, 5.41) is 3.39. The third kappa shape index (κ3) is 5.47. The standard InChI is InChI=1S/C19H23ClN2O3S/c1-4-15-5-8-17(9-6-15)22(26(3,24)25)12-11-19(23)21-18-10-7-16(20)13-14(18)2/h5-10,13H,4,11-12H2,1-3H3,(H,21,23). The molecule has 0 unspecified atom stereocenters. The van der Waals surface area contributed by atoms with Crippen molar-refractivity contribution in [2.45, 2.75) is 26.7 Å². The van der Waals surface area contributed by atoms with Crippen molar-refractivity contribution >= 4 is 38.9 Å². The first-order valence-corrected chi connectivity index (χ1v) is 10.6. The number of sulfonamides is 1. The molecule has 0 saturated heterocycles. The molecule has 2 aromatic rings. The molecule has 1 N–H and O–H groups in total. The van der Waals surface area contributed by atoms with Crippen LogP contribution < -0.4 is 9.62 Å². The average Bonchev–Trinajstić information content (AvgIpc) is 2.57. The summed E-state index contributed by atoms with van der Waals surface area (Å²) in [5.41, 5.74) is 3.19. The van der Waals surface area contributed by atoms with E-state index in [4.69, 9.17) is 11.6 Å². The van der Waals surface area contributed by atoms with Crippen molar-refractivity contribution in [3.63, 3.8) is 0 Å². The van der Waals surface area contributed by atoms with Gasteiger partial charge in [-0.25, -0.2) is 8.42 Å². The average molecular weight is 395 g/mol. The summed E-state index contributed by atoms with van der Waals surface area (Å²) in [6.07, 6.45) is 2.06. The third-order valence-electron chi connectivity index (χ3n) is 4.04. The lowest BCUT2D eigenvalue weighted by Gasteiger charge is -2.22. The van der Waals surface area contributed by atoms with Gasteiger partial charge in [0.05, 0.1) is 11.9 Å². The van der Waals surface area contributed by atoms with Crippen LogP contribution >= 0.6 is 11.6 Å². The Morgan fingerprint density at radius 2 is 1.81 bits per heavy atom. The number of amides is 1. The van der Waals surface area contributed by atoms with E-state index in [0.29, 0.717) is 16.4 Å². The van der Waals surface area contributed by atoms with Gasteiger partial charge in [0.2, 0.25) is 15.9 Å². The summed E-state index contributed by atoms with van der Waals surface area (Å²) in [6, 6.07) is 12.5.